The summed E-state index contributed by atoms with van der Waals surface area (Å²) in [6.07, 6.45) is -14.9. The summed E-state index contributed by atoms with van der Waals surface area (Å²) in [5, 5.41) is 14.3. The number of halogens is 9. The summed E-state index contributed by atoms with van der Waals surface area (Å²) in [6.45, 7) is -2.31. The molecule has 0 fully saturated rings. The summed E-state index contributed by atoms with van der Waals surface area (Å²) in [6, 6.07) is 3.85. The molecule has 0 radical (unpaired) electrons. The minimum Gasteiger partial charge on any atom is -0.381 e. The Morgan fingerprint density at radius 3 is 2.00 bits per heavy atom. The van der Waals surface area contributed by atoms with E-state index in [-0.39, 0.29) is 6.07 Å². The summed E-state index contributed by atoms with van der Waals surface area (Å²) >= 11 is 0. The quantitative estimate of drug-likeness (QED) is 0.416. The van der Waals surface area contributed by atoms with E-state index in [2.05, 4.69) is 0 Å². The van der Waals surface area contributed by atoms with E-state index in [0.717, 1.165) is 18.4 Å². The molecule has 16 heteroatoms. The number of carbonyl (C=O) groups excluding carboxylic acids is 1. The fourth-order valence-electron chi connectivity index (χ4n) is 3.14. The molecular weight excluding hydrogens is 547 g/mol. The minimum absolute atomic E-state index is 0.0819. The number of amides is 1. The van der Waals surface area contributed by atoms with Gasteiger partial charge in [0.1, 0.15) is 5.75 Å². The first kappa shape index (κ1) is 30.2. The van der Waals surface area contributed by atoms with Crippen LogP contribution in [0, 0.1) is 0 Å². The first-order valence-electron chi connectivity index (χ1n) is 9.99. The van der Waals surface area contributed by atoms with Gasteiger partial charge in [-0.05, 0) is 35.4 Å². The lowest BCUT2D eigenvalue weighted by Gasteiger charge is -2.32. The number of hydrogen-bond acceptors (Lipinski definition) is 5. The highest BCUT2D eigenvalue weighted by Crippen LogP contribution is 2.41. The normalized spacial score (nSPS) is 14.7. The van der Waals surface area contributed by atoms with Crippen molar-refractivity contribution >= 4 is 21.4 Å². The van der Waals surface area contributed by atoms with Crippen LogP contribution in [0.5, 0.6) is 0 Å². The predicted octanol–water partition coefficient (Wildman–Crippen LogP) is 4.25. The fraction of sp³-hybridized carbons (Fsp3) is 0.381. The van der Waals surface area contributed by atoms with Gasteiger partial charge in [-0.2, -0.15) is 39.5 Å². The molecule has 1 amide bonds. The second-order valence-corrected chi connectivity index (χ2v) is 10.1. The van der Waals surface area contributed by atoms with Crippen LogP contribution in [0.3, 0.4) is 0 Å². The van der Waals surface area contributed by atoms with E-state index in [9.17, 15) is 57.8 Å². The van der Waals surface area contributed by atoms with E-state index in [1.807, 2.05) is 10.6 Å². The van der Waals surface area contributed by atoms with Crippen LogP contribution < -0.4 is 10.6 Å². The number of carbonyl (C=O) groups is 1. The molecule has 3 N–H and O–H groups in total. The number of aliphatic hydroxyl groups is 1. The molecule has 37 heavy (non-hydrogen) atoms. The van der Waals surface area contributed by atoms with Crippen LogP contribution in [0.4, 0.5) is 45.2 Å². The largest absolute Gasteiger partial charge is 0.423 e. The van der Waals surface area contributed by atoms with Crippen LogP contribution >= 0.6 is 0 Å². The van der Waals surface area contributed by atoms with Crippen LogP contribution in [0.2, 0.25) is 0 Å². The lowest BCUT2D eigenvalue weighted by atomic mass is 9.91. The van der Waals surface area contributed by atoms with Gasteiger partial charge in [0.25, 0.3) is 0 Å². The second-order valence-electron chi connectivity index (χ2n) is 8.01. The molecule has 2 aromatic carbocycles. The topological polar surface area (TPSA) is 95.5 Å². The van der Waals surface area contributed by atoms with Crippen molar-refractivity contribution in [3.8, 4) is 0 Å². The predicted molar refractivity (Wildman–Crippen MR) is 113 cm³/mol. The summed E-state index contributed by atoms with van der Waals surface area (Å²) in [5.41, 5.74) is -9.10. The highest BCUT2D eigenvalue weighted by atomic mass is 32.2. The molecule has 1 atom stereocenters. The Bertz CT molecular complexity index is 1240. The van der Waals surface area contributed by atoms with Crippen molar-refractivity contribution in [3.05, 3.63) is 64.7 Å². The molecule has 2 aromatic rings. The van der Waals surface area contributed by atoms with Crippen molar-refractivity contribution in [2.75, 3.05) is 23.9 Å². The van der Waals surface area contributed by atoms with Gasteiger partial charge in [0.05, 0.1) is 17.7 Å². The summed E-state index contributed by atoms with van der Waals surface area (Å²) in [7, 11) is -3.76. The Morgan fingerprint density at radius 2 is 1.49 bits per heavy atom. The molecule has 0 unspecified atom stereocenters. The molecule has 0 aliphatic heterocycles. The van der Waals surface area contributed by atoms with Crippen molar-refractivity contribution < 1.29 is 57.8 Å². The van der Waals surface area contributed by atoms with Gasteiger partial charge >= 0.3 is 18.5 Å². The monoisotopic (exact) mass is 566 g/mol. The molecule has 0 aliphatic rings. The average Bonchev–Trinajstić information content (AvgIpc) is 2.73. The Morgan fingerprint density at radius 1 is 0.892 bits per heavy atom. The van der Waals surface area contributed by atoms with Gasteiger partial charge in [0.15, 0.2) is 9.84 Å². The third-order valence-corrected chi connectivity index (χ3v) is 5.76. The summed E-state index contributed by atoms with van der Waals surface area (Å²) in [5.74, 6) is -2.08. The number of anilines is 1. The molecule has 0 spiro atoms. The smallest absolute Gasteiger partial charge is 0.381 e. The highest BCUT2D eigenvalue weighted by molar-refractivity contribution is 7.91. The molecular formula is C21H19F9N2O4S. The molecule has 0 saturated carbocycles. The van der Waals surface area contributed by atoms with Crippen LogP contribution in [-0.2, 0) is 39.1 Å². The van der Waals surface area contributed by atoms with Crippen LogP contribution in [0.15, 0.2) is 42.5 Å². The summed E-state index contributed by atoms with van der Waals surface area (Å²) in [4.78, 5) is 11.6. The van der Waals surface area contributed by atoms with Gasteiger partial charge in [-0.25, -0.2) is 8.42 Å². The Balaban J connectivity index is 2.35. The zero-order valence-electron chi connectivity index (χ0n) is 18.6. The zero-order valence-corrected chi connectivity index (χ0v) is 19.5. The highest BCUT2D eigenvalue weighted by Gasteiger charge is 2.55. The summed E-state index contributed by atoms with van der Waals surface area (Å²) < 4.78 is 143. The van der Waals surface area contributed by atoms with Crippen molar-refractivity contribution in [2.45, 2.75) is 30.7 Å². The van der Waals surface area contributed by atoms with Crippen LogP contribution in [0.1, 0.15) is 22.3 Å². The van der Waals surface area contributed by atoms with E-state index in [4.69, 9.17) is 0 Å². The molecule has 206 valence electrons. The number of benzene rings is 2. The lowest BCUT2D eigenvalue weighted by Crippen LogP contribution is -2.48. The first-order valence-corrected chi connectivity index (χ1v) is 12.0. The SMILES string of the molecule is CS(=O)(=O)CC(=O)NCc1ccc(NC[C@@](O)(c2cccc(C(F)(F)F)c2)C(F)(F)F)cc1C(F)(F)F. The number of alkyl halides is 9. The lowest BCUT2D eigenvalue weighted by molar-refractivity contribution is -0.260. The number of sulfone groups is 1. The number of rotatable bonds is 8. The molecule has 2 rings (SSSR count). The molecule has 6 nitrogen and oxygen atoms in total. The van der Waals surface area contributed by atoms with Gasteiger partial charge < -0.3 is 15.7 Å². The Labute approximate surface area is 204 Å². The first-order chi connectivity index (χ1) is 16.6. The van der Waals surface area contributed by atoms with Gasteiger partial charge in [-0.1, -0.05) is 18.2 Å². The minimum atomic E-state index is -5.53. The van der Waals surface area contributed by atoms with Gasteiger partial charge in [-0.15, -0.1) is 0 Å². The van der Waals surface area contributed by atoms with Crippen molar-refractivity contribution in [1.29, 1.82) is 0 Å². The van der Waals surface area contributed by atoms with Crippen LogP contribution in [0.25, 0.3) is 0 Å². The standard InChI is InChI=1S/C21H19F9N2O4S/c1-37(35,36)10-17(33)31-9-12-5-6-15(8-16(12)20(25,26)27)32-11-18(34,21(28,29)30)13-3-2-4-14(7-13)19(22,23)24/h2-8,32,34H,9-11H2,1H3,(H,31,33)/t18-/m1/s1. The van der Waals surface area contributed by atoms with Gasteiger partial charge in [0, 0.05) is 18.5 Å². The number of nitrogens with one attached hydrogen (secondary N) is 2. The molecule has 0 aliphatic carbocycles. The third kappa shape index (κ3) is 7.99. The Hall–Kier alpha value is -3.01. The maximum atomic E-state index is 13.7. The third-order valence-electron chi connectivity index (χ3n) is 4.97. The molecule has 0 bridgehead atoms. The Kier molecular flexibility index (Phi) is 8.49. The molecule has 0 heterocycles. The van der Waals surface area contributed by atoms with Gasteiger partial charge in [-0.3, -0.25) is 4.79 Å². The second kappa shape index (κ2) is 10.4. The van der Waals surface area contributed by atoms with Crippen LogP contribution in [-0.4, -0.2) is 44.2 Å². The maximum Gasteiger partial charge on any atom is 0.423 e. The van der Waals surface area contributed by atoms with E-state index < -0.39 is 86.7 Å². The van der Waals surface area contributed by atoms with Crippen molar-refractivity contribution in [1.82, 2.24) is 5.32 Å². The molecule has 0 aromatic heterocycles. The molecule has 0 saturated heterocycles. The van der Waals surface area contributed by atoms with E-state index in [1.54, 1.807) is 0 Å². The maximum absolute atomic E-state index is 13.7. The van der Waals surface area contributed by atoms with Gasteiger partial charge in [0.2, 0.25) is 11.5 Å². The van der Waals surface area contributed by atoms with E-state index in [1.165, 1.54) is 0 Å². The van der Waals surface area contributed by atoms with Crippen molar-refractivity contribution in [3.63, 3.8) is 0 Å². The fourth-order valence-corrected chi connectivity index (χ4v) is 3.71. The number of hydrogen-bond donors (Lipinski definition) is 3. The zero-order chi connectivity index (χ0) is 28.4. The van der Waals surface area contributed by atoms with E-state index >= 15 is 0 Å². The van der Waals surface area contributed by atoms with E-state index in [0.29, 0.717) is 24.3 Å². The van der Waals surface area contributed by atoms with Crippen molar-refractivity contribution in [2.24, 2.45) is 0 Å². The average molecular weight is 566 g/mol.